The first-order valence-corrected chi connectivity index (χ1v) is 10.5. The number of likely N-dealkylation sites (tertiary alicyclic amines) is 1. The minimum atomic E-state index is -0.973. The number of aromatic hydroxyl groups is 1. The highest BCUT2D eigenvalue weighted by Gasteiger charge is 2.74. The van der Waals surface area contributed by atoms with Crippen LogP contribution in [0, 0.1) is 11.8 Å². The zero-order valence-electron chi connectivity index (χ0n) is 15.8. The highest BCUT2D eigenvalue weighted by Crippen LogP contribution is 2.65. The molecule has 6 rings (SSSR count). The molecule has 1 saturated heterocycles. The summed E-state index contributed by atoms with van der Waals surface area (Å²) in [7, 11) is 0. The number of phenolic OH excluding ortho intramolecular Hbond substituents is 1. The molecule has 0 aromatic heterocycles. The molecule has 0 amide bonds. The van der Waals surface area contributed by atoms with Crippen LogP contribution in [0.3, 0.4) is 0 Å². The number of carbonyl (C=O) groups excluding carboxylic acids is 1. The number of ketones is 1. The predicted octanol–water partition coefficient (Wildman–Crippen LogP) is 2.16. The Bertz CT molecular complexity index is 849. The molecule has 5 heteroatoms. The number of piperidine rings is 1. The lowest BCUT2D eigenvalue weighted by Gasteiger charge is -2.63. The third-order valence-corrected chi connectivity index (χ3v) is 8.40. The summed E-state index contributed by atoms with van der Waals surface area (Å²) in [5.41, 5.74) is 0.397. The van der Waals surface area contributed by atoms with Crippen molar-refractivity contribution in [3.8, 4) is 11.5 Å². The fraction of sp³-hybridized carbons (Fsp3) is 0.682. The lowest BCUT2D eigenvalue weighted by Crippen LogP contribution is -2.77. The molecule has 0 radical (unpaired) electrons. The van der Waals surface area contributed by atoms with Crippen LogP contribution in [0.25, 0.3) is 0 Å². The van der Waals surface area contributed by atoms with Gasteiger partial charge in [-0.3, -0.25) is 9.69 Å². The lowest BCUT2D eigenvalue weighted by molar-refractivity contribution is -0.198. The van der Waals surface area contributed by atoms with Crippen molar-refractivity contribution in [2.24, 2.45) is 11.8 Å². The smallest absolute Gasteiger partial charge is 0.177 e. The summed E-state index contributed by atoms with van der Waals surface area (Å²) in [4.78, 5) is 15.6. The van der Waals surface area contributed by atoms with Crippen LogP contribution < -0.4 is 4.74 Å². The van der Waals surface area contributed by atoms with Gasteiger partial charge in [0.2, 0.25) is 0 Å². The maximum atomic E-state index is 13.1. The maximum Gasteiger partial charge on any atom is 0.177 e. The van der Waals surface area contributed by atoms with Gasteiger partial charge < -0.3 is 14.9 Å². The number of hydrogen-bond donors (Lipinski definition) is 2. The second-order valence-corrected chi connectivity index (χ2v) is 9.61. The summed E-state index contributed by atoms with van der Waals surface area (Å²) in [5, 5.41) is 22.6. The van der Waals surface area contributed by atoms with Crippen LogP contribution in [0.15, 0.2) is 12.1 Å². The Hall–Kier alpha value is -1.59. The van der Waals surface area contributed by atoms with Crippen LogP contribution in [-0.4, -0.2) is 51.7 Å². The van der Waals surface area contributed by atoms with E-state index in [0.29, 0.717) is 12.2 Å². The molecule has 144 valence electrons. The van der Waals surface area contributed by atoms with Crippen LogP contribution in [-0.2, 0) is 16.6 Å². The van der Waals surface area contributed by atoms with E-state index in [-0.39, 0.29) is 23.5 Å². The Morgan fingerprint density at radius 2 is 2.15 bits per heavy atom. The Kier molecular flexibility index (Phi) is 3.07. The zero-order valence-corrected chi connectivity index (χ0v) is 15.8. The third kappa shape index (κ3) is 1.76. The molecule has 4 unspecified atom stereocenters. The van der Waals surface area contributed by atoms with Crippen LogP contribution in [0.5, 0.6) is 11.5 Å². The van der Waals surface area contributed by atoms with Gasteiger partial charge in [0.15, 0.2) is 23.4 Å². The van der Waals surface area contributed by atoms with Crippen LogP contribution in [0.2, 0.25) is 0 Å². The number of aliphatic hydroxyl groups is 1. The molecular weight excluding hydrogens is 342 g/mol. The Morgan fingerprint density at radius 3 is 2.89 bits per heavy atom. The fourth-order valence-electron chi connectivity index (χ4n) is 6.91. The van der Waals surface area contributed by atoms with Gasteiger partial charge in [0.25, 0.3) is 0 Å². The van der Waals surface area contributed by atoms with Gasteiger partial charge in [-0.05, 0) is 56.2 Å². The minimum Gasteiger partial charge on any atom is -0.504 e. The molecule has 1 aromatic rings. The number of benzene rings is 1. The van der Waals surface area contributed by atoms with Crippen molar-refractivity contribution in [1.29, 1.82) is 0 Å². The van der Waals surface area contributed by atoms with E-state index in [1.54, 1.807) is 6.07 Å². The second kappa shape index (κ2) is 5.06. The first-order valence-electron chi connectivity index (χ1n) is 10.5. The molecule has 2 N–H and O–H groups in total. The summed E-state index contributed by atoms with van der Waals surface area (Å²) in [6.45, 7) is 3.86. The molecule has 2 saturated carbocycles. The standard InChI is InChI=1S/C22H27NO4/c1-12-10-22(26)16-9-14-5-6-15(24)19-17(14)21(22,20(27-19)18(12)25)7-8-23(16)11-13-3-2-4-13/h5-6,12-13,16,20,24,26H,2-4,7-11H2,1H3/t12-,16?,20?,21?,22?/m0/s1. The number of carbonyl (C=O) groups is 1. The van der Waals surface area contributed by atoms with Crippen molar-refractivity contribution in [2.75, 3.05) is 13.1 Å². The SMILES string of the molecule is C[C@H]1CC2(O)C3Cc4ccc(O)c5c4C2(CCN3CC2CCC2)C(O5)C1=O. The van der Waals surface area contributed by atoms with Crippen molar-refractivity contribution in [3.63, 3.8) is 0 Å². The van der Waals surface area contributed by atoms with Gasteiger partial charge in [-0.2, -0.15) is 0 Å². The third-order valence-electron chi connectivity index (χ3n) is 8.40. The average molecular weight is 369 g/mol. The van der Waals surface area contributed by atoms with E-state index >= 15 is 0 Å². The van der Waals surface area contributed by atoms with Gasteiger partial charge in [0, 0.05) is 24.1 Å². The molecule has 5 nitrogen and oxygen atoms in total. The minimum absolute atomic E-state index is 0.0245. The summed E-state index contributed by atoms with van der Waals surface area (Å²) in [5.74, 6) is 1.14. The fourth-order valence-corrected chi connectivity index (χ4v) is 6.91. The first kappa shape index (κ1) is 16.4. The first-order chi connectivity index (χ1) is 13.0. The molecule has 2 aliphatic heterocycles. The van der Waals surface area contributed by atoms with Crippen molar-refractivity contribution in [2.45, 2.75) is 68.6 Å². The monoisotopic (exact) mass is 369 g/mol. The molecule has 5 atom stereocenters. The van der Waals surface area contributed by atoms with Crippen molar-refractivity contribution in [3.05, 3.63) is 23.3 Å². The van der Waals surface area contributed by atoms with Crippen LogP contribution in [0.1, 0.15) is 50.2 Å². The number of ether oxygens (including phenoxy) is 1. The number of phenols is 1. The van der Waals surface area contributed by atoms with E-state index in [4.69, 9.17) is 4.74 Å². The largest absolute Gasteiger partial charge is 0.504 e. The normalized spacial score (nSPS) is 42.4. The van der Waals surface area contributed by atoms with Crippen molar-refractivity contribution in [1.82, 2.24) is 4.90 Å². The molecular formula is C22H27NO4. The summed E-state index contributed by atoms with van der Waals surface area (Å²) >= 11 is 0. The predicted molar refractivity (Wildman–Crippen MR) is 99.0 cm³/mol. The molecule has 5 aliphatic rings. The Balaban J connectivity index is 1.54. The summed E-state index contributed by atoms with van der Waals surface area (Å²) in [6.07, 6.45) is 5.23. The van der Waals surface area contributed by atoms with E-state index in [1.165, 1.54) is 19.3 Å². The second-order valence-electron chi connectivity index (χ2n) is 9.61. The average Bonchev–Trinajstić information content (AvgIpc) is 2.94. The van der Waals surface area contributed by atoms with E-state index in [1.807, 2.05) is 13.0 Å². The molecule has 1 spiro atoms. The van der Waals surface area contributed by atoms with Crippen LogP contribution >= 0.6 is 0 Å². The van der Waals surface area contributed by atoms with Gasteiger partial charge in [-0.1, -0.05) is 19.4 Å². The summed E-state index contributed by atoms with van der Waals surface area (Å²) in [6, 6.07) is 3.69. The molecule has 3 fully saturated rings. The van der Waals surface area contributed by atoms with Gasteiger partial charge in [0.1, 0.15) is 0 Å². The van der Waals surface area contributed by atoms with Gasteiger partial charge in [0.05, 0.1) is 11.0 Å². The quantitative estimate of drug-likeness (QED) is 0.836. The summed E-state index contributed by atoms with van der Waals surface area (Å²) < 4.78 is 6.13. The lowest BCUT2D eigenvalue weighted by atomic mass is 9.47. The van der Waals surface area contributed by atoms with Crippen molar-refractivity contribution < 1.29 is 19.7 Å². The zero-order chi connectivity index (χ0) is 18.6. The number of nitrogens with zero attached hydrogens (tertiary/aromatic N) is 1. The van der Waals surface area contributed by atoms with E-state index in [9.17, 15) is 15.0 Å². The van der Waals surface area contributed by atoms with Gasteiger partial charge in [-0.15, -0.1) is 0 Å². The number of rotatable bonds is 2. The molecule has 3 aliphatic carbocycles. The Labute approximate surface area is 159 Å². The topological polar surface area (TPSA) is 70.0 Å². The highest BCUT2D eigenvalue weighted by molar-refractivity contribution is 5.91. The maximum absolute atomic E-state index is 13.1. The molecule has 2 bridgehead atoms. The van der Waals surface area contributed by atoms with E-state index < -0.39 is 17.1 Å². The highest BCUT2D eigenvalue weighted by atomic mass is 16.5. The molecule has 2 heterocycles. The Morgan fingerprint density at radius 1 is 1.33 bits per heavy atom. The van der Waals surface area contributed by atoms with E-state index in [2.05, 4.69) is 4.90 Å². The van der Waals surface area contributed by atoms with Crippen molar-refractivity contribution >= 4 is 5.78 Å². The molecule has 1 aromatic carbocycles. The van der Waals surface area contributed by atoms with Crippen LogP contribution in [0.4, 0.5) is 0 Å². The molecule has 27 heavy (non-hydrogen) atoms. The van der Waals surface area contributed by atoms with E-state index in [0.717, 1.165) is 43.0 Å². The number of Topliss-reactive ketones (excluding diaryl/α,β-unsaturated/α-hetero) is 1. The van der Waals surface area contributed by atoms with Gasteiger partial charge in [-0.25, -0.2) is 0 Å². The number of hydrogen-bond acceptors (Lipinski definition) is 5. The van der Waals surface area contributed by atoms with Gasteiger partial charge >= 0.3 is 0 Å².